The third-order valence-electron chi connectivity index (χ3n) is 2.81. The lowest BCUT2D eigenvalue weighted by Crippen LogP contribution is -2.26. The van der Waals surface area contributed by atoms with E-state index in [9.17, 15) is 4.79 Å². The maximum absolute atomic E-state index is 11.4. The van der Waals surface area contributed by atoms with Crippen LogP contribution in [0.2, 0.25) is 5.02 Å². The van der Waals surface area contributed by atoms with Crippen LogP contribution in [0, 0.1) is 0 Å². The molecule has 0 spiro atoms. The van der Waals surface area contributed by atoms with Gasteiger partial charge in [0.2, 0.25) is 5.91 Å². The van der Waals surface area contributed by atoms with E-state index in [1.54, 1.807) is 6.07 Å². The molecule has 1 heterocycles. The van der Waals surface area contributed by atoms with Gasteiger partial charge in [-0.2, -0.15) is 0 Å². The van der Waals surface area contributed by atoms with E-state index in [4.69, 9.17) is 16.3 Å². The monoisotopic (exact) mass is 253 g/mol. The van der Waals surface area contributed by atoms with Crippen molar-refractivity contribution >= 4 is 17.5 Å². The van der Waals surface area contributed by atoms with E-state index in [0.29, 0.717) is 18.1 Å². The van der Waals surface area contributed by atoms with Crippen LogP contribution in [0.4, 0.5) is 0 Å². The number of benzene rings is 1. The third-order valence-corrected chi connectivity index (χ3v) is 3.04. The van der Waals surface area contributed by atoms with Gasteiger partial charge in [0.05, 0.1) is 6.61 Å². The lowest BCUT2D eigenvalue weighted by molar-refractivity contribution is -0.127. The molecule has 0 radical (unpaired) electrons. The first-order chi connectivity index (χ1) is 8.25. The Balaban J connectivity index is 1.68. The second kappa shape index (κ2) is 5.92. The Hall–Kier alpha value is -1.22. The fraction of sp³-hybridized carbons (Fsp3) is 0.462. The zero-order chi connectivity index (χ0) is 12.1. The molecule has 1 aliphatic heterocycles. The molecule has 1 aromatic rings. The number of halogens is 1. The molecule has 1 aromatic carbocycles. The van der Waals surface area contributed by atoms with E-state index in [1.807, 2.05) is 23.1 Å². The van der Waals surface area contributed by atoms with Crippen LogP contribution in [0.5, 0.6) is 5.75 Å². The van der Waals surface area contributed by atoms with Gasteiger partial charge in [0.25, 0.3) is 0 Å². The number of hydrogen-bond donors (Lipinski definition) is 0. The quantitative estimate of drug-likeness (QED) is 0.755. The highest BCUT2D eigenvalue weighted by atomic mass is 35.5. The van der Waals surface area contributed by atoms with E-state index >= 15 is 0 Å². The van der Waals surface area contributed by atoms with Crippen molar-refractivity contribution < 1.29 is 9.53 Å². The number of nitrogens with zero attached hydrogens (tertiary/aromatic N) is 1. The fourth-order valence-corrected chi connectivity index (χ4v) is 2.12. The van der Waals surface area contributed by atoms with Gasteiger partial charge in [-0.3, -0.25) is 4.79 Å². The fourth-order valence-electron chi connectivity index (χ4n) is 1.94. The molecule has 0 saturated carbocycles. The highest BCUT2D eigenvalue weighted by Crippen LogP contribution is 2.17. The lowest BCUT2D eigenvalue weighted by atomic mass is 10.3. The summed E-state index contributed by atoms with van der Waals surface area (Å²) in [5.41, 5.74) is 0. The highest BCUT2D eigenvalue weighted by molar-refractivity contribution is 6.30. The topological polar surface area (TPSA) is 29.5 Å². The second-order valence-corrected chi connectivity index (χ2v) is 4.58. The number of carbonyl (C=O) groups excluding carboxylic acids is 1. The molecule has 92 valence electrons. The minimum Gasteiger partial charge on any atom is -0.493 e. The summed E-state index contributed by atoms with van der Waals surface area (Å²) >= 11 is 5.85. The van der Waals surface area contributed by atoms with E-state index in [1.165, 1.54) is 0 Å². The van der Waals surface area contributed by atoms with Gasteiger partial charge in [0, 0.05) is 24.5 Å². The summed E-state index contributed by atoms with van der Waals surface area (Å²) in [6.45, 7) is 2.31. The van der Waals surface area contributed by atoms with E-state index in [2.05, 4.69) is 0 Å². The van der Waals surface area contributed by atoms with Gasteiger partial charge in [-0.15, -0.1) is 0 Å². The first kappa shape index (κ1) is 12.2. The van der Waals surface area contributed by atoms with Crippen molar-refractivity contribution in [3.63, 3.8) is 0 Å². The Morgan fingerprint density at radius 3 is 3.00 bits per heavy atom. The summed E-state index contributed by atoms with van der Waals surface area (Å²) in [5, 5.41) is 0.678. The average Bonchev–Trinajstić information content (AvgIpc) is 2.71. The zero-order valence-corrected chi connectivity index (χ0v) is 10.4. The summed E-state index contributed by atoms with van der Waals surface area (Å²) in [6, 6.07) is 7.36. The van der Waals surface area contributed by atoms with Gasteiger partial charge in [0.1, 0.15) is 5.75 Å². The number of likely N-dealkylation sites (tertiary alicyclic amines) is 1. The van der Waals surface area contributed by atoms with Crippen molar-refractivity contribution in [2.24, 2.45) is 0 Å². The summed E-state index contributed by atoms with van der Waals surface area (Å²) in [4.78, 5) is 13.3. The first-order valence-electron chi connectivity index (χ1n) is 5.92. The molecule has 0 atom stereocenters. The van der Waals surface area contributed by atoms with Gasteiger partial charge < -0.3 is 9.64 Å². The molecule has 0 aromatic heterocycles. The highest BCUT2D eigenvalue weighted by Gasteiger charge is 2.18. The van der Waals surface area contributed by atoms with E-state index in [0.717, 1.165) is 31.7 Å². The van der Waals surface area contributed by atoms with Crippen LogP contribution in [0.25, 0.3) is 0 Å². The van der Waals surface area contributed by atoms with E-state index in [-0.39, 0.29) is 5.91 Å². The standard InChI is InChI=1S/C13H16ClNO2/c14-11-4-1-5-12(10-11)17-9-3-8-15-7-2-6-13(15)16/h1,4-5,10H,2-3,6-9H2. The number of hydrogen-bond acceptors (Lipinski definition) is 2. The smallest absolute Gasteiger partial charge is 0.222 e. The largest absolute Gasteiger partial charge is 0.493 e. The molecular weight excluding hydrogens is 238 g/mol. The predicted octanol–water partition coefficient (Wildman–Crippen LogP) is 2.73. The Morgan fingerprint density at radius 2 is 2.29 bits per heavy atom. The molecule has 1 aliphatic rings. The Bertz CT molecular complexity index is 395. The Labute approximate surface area is 106 Å². The van der Waals surface area contributed by atoms with Crippen molar-refractivity contribution in [3.8, 4) is 5.75 Å². The molecule has 17 heavy (non-hydrogen) atoms. The van der Waals surface area contributed by atoms with Crippen LogP contribution in [-0.4, -0.2) is 30.5 Å². The molecule has 2 rings (SSSR count). The van der Waals surface area contributed by atoms with Crippen molar-refractivity contribution in [3.05, 3.63) is 29.3 Å². The molecule has 1 saturated heterocycles. The number of ether oxygens (including phenoxy) is 1. The zero-order valence-electron chi connectivity index (χ0n) is 9.69. The van der Waals surface area contributed by atoms with Gasteiger partial charge in [-0.25, -0.2) is 0 Å². The second-order valence-electron chi connectivity index (χ2n) is 4.14. The van der Waals surface area contributed by atoms with Crippen LogP contribution in [0.1, 0.15) is 19.3 Å². The third kappa shape index (κ3) is 3.63. The lowest BCUT2D eigenvalue weighted by Gasteiger charge is -2.15. The van der Waals surface area contributed by atoms with Crippen molar-refractivity contribution in [2.45, 2.75) is 19.3 Å². The normalized spacial score (nSPS) is 15.4. The Morgan fingerprint density at radius 1 is 1.41 bits per heavy atom. The van der Waals surface area contributed by atoms with E-state index < -0.39 is 0 Å². The molecule has 0 unspecified atom stereocenters. The molecule has 4 heteroatoms. The van der Waals surface area contributed by atoms with Gasteiger partial charge >= 0.3 is 0 Å². The molecule has 0 bridgehead atoms. The summed E-state index contributed by atoms with van der Waals surface area (Å²) < 4.78 is 5.56. The van der Waals surface area contributed by atoms with Crippen LogP contribution in [0.15, 0.2) is 24.3 Å². The molecule has 3 nitrogen and oxygen atoms in total. The number of rotatable bonds is 5. The average molecular weight is 254 g/mol. The SMILES string of the molecule is O=C1CCCN1CCCOc1cccc(Cl)c1. The predicted molar refractivity (Wildman–Crippen MR) is 67.4 cm³/mol. The van der Waals surface area contributed by atoms with Gasteiger partial charge in [0.15, 0.2) is 0 Å². The van der Waals surface area contributed by atoms with Gasteiger partial charge in [-0.05, 0) is 31.0 Å². The minimum atomic E-state index is 0.271. The molecular formula is C13H16ClNO2. The van der Waals surface area contributed by atoms with Crippen LogP contribution in [-0.2, 0) is 4.79 Å². The first-order valence-corrected chi connectivity index (χ1v) is 6.29. The van der Waals surface area contributed by atoms with Crippen molar-refractivity contribution in [1.29, 1.82) is 0 Å². The van der Waals surface area contributed by atoms with Crippen LogP contribution in [0.3, 0.4) is 0 Å². The molecule has 1 fully saturated rings. The molecule has 1 amide bonds. The van der Waals surface area contributed by atoms with Crippen molar-refractivity contribution in [1.82, 2.24) is 4.90 Å². The summed E-state index contributed by atoms with van der Waals surface area (Å²) in [5.74, 6) is 1.05. The maximum Gasteiger partial charge on any atom is 0.222 e. The Kier molecular flexibility index (Phi) is 4.26. The molecule has 0 N–H and O–H groups in total. The van der Waals surface area contributed by atoms with Crippen LogP contribution < -0.4 is 4.74 Å². The summed E-state index contributed by atoms with van der Waals surface area (Å²) in [6.07, 6.45) is 2.56. The molecule has 0 aliphatic carbocycles. The van der Waals surface area contributed by atoms with Gasteiger partial charge in [-0.1, -0.05) is 17.7 Å². The van der Waals surface area contributed by atoms with Crippen LogP contribution >= 0.6 is 11.6 Å². The number of amides is 1. The van der Waals surface area contributed by atoms with Crippen molar-refractivity contribution in [2.75, 3.05) is 19.7 Å². The maximum atomic E-state index is 11.4. The summed E-state index contributed by atoms with van der Waals surface area (Å²) in [7, 11) is 0. The minimum absolute atomic E-state index is 0.271. The number of carbonyl (C=O) groups is 1.